The molecule has 31 heavy (non-hydrogen) atoms. The molecular formula is C23H19N3O5. The SMILES string of the molecule is Cc1cc([N+](=O)[O-])ccc1NC(=O)c1ccc(N2C(=O)[C@@H]3[C@H](C2=O)[C@H]2C=C[C@H]3C2)cc1. The highest BCUT2D eigenvalue weighted by molar-refractivity contribution is 6.23. The van der Waals surface area contributed by atoms with Crippen molar-refractivity contribution in [3.8, 4) is 0 Å². The Balaban J connectivity index is 1.33. The first-order valence-electron chi connectivity index (χ1n) is 10.1. The van der Waals surface area contributed by atoms with Crippen LogP contribution in [0.1, 0.15) is 22.3 Å². The summed E-state index contributed by atoms with van der Waals surface area (Å²) in [7, 11) is 0. The summed E-state index contributed by atoms with van der Waals surface area (Å²) < 4.78 is 0. The van der Waals surface area contributed by atoms with Crippen molar-refractivity contribution >= 4 is 34.8 Å². The van der Waals surface area contributed by atoms with Crippen molar-refractivity contribution in [1.29, 1.82) is 0 Å². The van der Waals surface area contributed by atoms with Gasteiger partial charge in [0.2, 0.25) is 11.8 Å². The van der Waals surface area contributed by atoms with Crippen LogP contribution in [-0.4, -0.2) is 22.6 Å². The molecule has 2 fully saturated rings. The number of hydrogen-bond donors (Lipinski definition) is 1. The summed E-state index contributed by atoms with van der Waals surface area (Å²) >= 11 is 0. The number of fused-ring (bicyclic) bond motifs is 5. The number of nitro benzene ring substituents is 1. The second-order valence-corrected chi connectivity index (χ2v) is 8.27. The molecule has 1 saturated heterocycles. The lowest BCUT2D eigenvalue weighted by atomic mass is 9.85. The molecule has 3 aliphatic rings. The van der Waals surface area contributed by atoms with Gasteiger partial charge in [-0.2, -0.15) is 0 Å². The maximum Gasteiger partial charge on any atom is 0.269 e. The van der Waals surface area contributed by atoms with Crippen molar-refractivity contribution in [2.75, 3.05) is 10.2 Å². The van der Waals surface area contributed by atoms with E-state index in [9.17, 15) is 24.5 Å². The van der Waals surface area contributed by atoms with Gasteiger partial charge in [0.1, 0.15) is 0 Å². The van der Waals surface area contributed by atoms with Gasteiger partial charge in [0.25, 0.3) is 11.6 Å². The van der Waals surface area contributed by atoms with E-state index in [2.05, 4.69) is 5.32 Å². The third-order valence-corrected chi connectivity index (χ3v) is 6.53. The summed E-state index contributed by atoms with van der Waals surface area (Å²) in [5, 5.41) is 13.6. The second-order valence-electron chi connectivity index (χ2n) is 8.27. The van der Waals surface area contributed by atoms with Crippen LogP contribution in [0.15, 0.2) is 54.6 Å². The van der Waals surface area contributed by atoms with Gasteiger partial charge in [-0.05, 0) is 61.1 Å². The number of benzene rings is 2. The number of rotatable bonds is 4. The third kappa shape index (κ3) is 2.94. The molecule has 1 saturated carbocycles. The molecule has 0 aromatic heterocycles. The summed E-state index contributed by atoms with van der Waals surface area (Å²) in [6.07, 6.45) is 4.98. The Labute approximate surface area is 177 Å². The zero-order chi connectivity index (χ0) is 21.9. The number of non-ortho nitro benzene ring substituents is 1. The van der Waals surface area contributed by atoms with E-state index < -0.39 is 4.92 Å². The van der Waals surface area contributed by atoms with Crippen LogP contribution >= 0.6 is 0 Å². The van der Waals surface area contributed by atoms with Crippen LogP contribution in [0, 0.1) is 40.7 Å². The van der Waals surface area contributed by atoms with Crippen LogP contribution < -0.4 is 10.2 Å². The zero-order valence-electron chi connectivity index (χ0n) is 16.6. The number of imide groups is 1. The predicted molar refractivity (Wildman–Crippen MR) is 112 cm³/mol. The highest BCUT2D eigenvalue weighted by atomic mass is 16.6. The van der Waals surface area contributed by atoms with Crippen molar-refractivity contribution in [3.05, 3.63) is 75.9 Å². The molecular weight excluding hydrogens is 398 g/mol. The molecule has 4 atom stereocenters. The fraction of sp³-hybridized carbons (Fsp3) is 0.261. The summed E-state index contributed by atoms with van der Waals surface area (Å²) in [5.74, 6) is -0.957. The first-order chi connectivity index (χ1) is 14.8. The van der Waals surface area contributed by atoms with Gasteiger partial charge in [0.05, 0.1) is 22.4 Å². The Morgan fingerprint density at radius 1 is 1.03 bits per heavy atom. The first kappa shape index (κ1) is 19.2. The molecule has 2 aliphatic carbocycles. The van der Waals surface area contributed by atoms with Crippen LogP contribution in [0.3, 0.4) is 0 Å². The molecule has 2 aromatic rings. The Morgan fingerprint density at radius 2 is 1.65 bits per heavy atom. The normalized spacial score (nSPS) is 25.8. The third-order valence-electron chi connectivity index (χ3n) is 6.53. The maximum absolute atomic E-state index is 12.9. The van der Waals surface area contributed by atoms with Gasteiger partial charge in [-0.15, -0.1) is 0 Å². The number of allylic oxidation sites excluding steroid dienone is 2. The zero-order valence-corrected chi connectivity index (χ0v) is 16.6. The average Bonchev–Trinajstić information content (AvgIpc) is 3.43. The van der Waals surface area contributed by atoms with Crippen LogP contribution in [0.2, 0.25) is 0 Å². The summed E-state index contributed by atoms with van der Waals surface area (Å²) in [6.45, 7) is 1.68. The molecule has 2 bridgehead atoms. The van der Waals surface area contributed by atoms with E-state index in [0.717, 1.165) is 6.42 Å². The molecule has 5 rings (SSSR count). The summed E-state index contributed by atoms with van der Waals surface area (Å²) in [4.78, 5) is 50.0. The fourth-order valence-electron chi connectivity index (χ4n) is 5.01. The molecule has 0 unspecified atom stereocenters. The molecule has 3 amide bonds. The Morgan fingerprint density at radius 3 is 2.19 bits per heavy atom. The van der Waals surface area contributed by atoms with E-state index in [1.54, 1.807) is 31.2 Å². The van der Waals surface area contributed by atoms with E-state index in [4.69, 9.17) is 0 Å². The van der Waals surface area contributed by atoms with E-state index >= 15 is 0 Å². The van der Waals surface area contributed by atoms with Crippen LogP contribution in [0.5, 0.6) is 0 Å². The number of aryl methyl sites for hydroxylation is 1. The topological polar surface area (TPSA) is 110 Å². The van der Waals surface area contributed by atoms with E-state index in [-0.39, 0.29) is 47.1 Å². The molecule has 156 valence electrons. The van der Waals surface area contributed by atoms with Crippen molar-refractivity contribution < 1.29 is 19.3 Å². The number of carbonyl (C=O) groups excluding carboxylic acids is 3. The van der Waals surface area contributed by atoms with Crippen LogP contribution in [-0.2, 0) is 9.59 Å². The Bertz CT molecular complexity index is 1140. The smallest absolute Gasteiger partial charge is 0.269 e. The minimum Gasteiger partial charge on any atom is -0.322 e. The van der Waals surface area contributed by atoms with E-state index in [0.29, 0.717) is 22.5 Å². The van der Waals surface area contributed by atoms with Crippen molar-refractivity contribution in [2.45, 2.75) is 13.3 Å². The molecule has 1 heterocycles. The lowest BCUT2D eigenvalue weighted by molar-refractivity contribution is -0.384. The monoisotopic (exact) mass is 417 g/mol. The van der Waals surface area contributed by atoms with E-state index in [1.165, 1.54) is 23.1 Å². The highest BCUT2D eigenvalue weighted by Crippen LogP contribution is 2.53. The van der Waals surface area contributed by atoms with Gasteiger partial charge < -0.3 is 5.32 Å². The highest BCUT2D eigenvalue weighted by Gasteiger charge is 2.59. The van der Waals surface area contributed by atoms with Gasteiger partial charge >= 0.3 is 0 Å². The van der Waals surface area contributed by atoms with Crippen molar-refractivity contribution in [3.63, 3.8) is 0 Å². The molecule has 0 spiro atoms. The number of nitrogens with one attached hydrogen (secondary N) is 1. The molecule has 8 nitrogen and oxygen atoms in total. The molecule has 8 heteroatoms. The van der Waals surface area contributed by atoms with Crippen LogP contribution in [0.25, 0.3) is 0 Å². The average molecular weight is 417 g/mol. The lowest BCUT2D eigenvalue weighted by Crippen LogP contribution is -2.32. The summed E-state index contributed by atoms with van der Waals surface area (Å²) in [6, 6.07) is 10.5. The van der Waals surface area contributed by atoms with Crippen molar-refractivity contribution in [2.24, 2.45) is 23.7 Å². The van der Waals surface area contributed by atoms with Crippen LogP contribution in [0.4, 0.5) is 17.1 Å². The number of carbonyl (C=O) groups is 3. The number of nitrogens with zero attached hydrogens (tertiary/aromatic N) is 2. The lowest BCUT2D eigenvalue weighted by Gasteiger charge is -2.17. The minimum atomic E-state index is -0.492. The molecule has 2 aromatic carbocycles. The largest absolute Gasteiger partial charge is 0.322 e. The molecule has 0 radical (unpaired) electrons. The van der Waals surface area contributed by atoms with Crippen molar-refractivity contribution in [1.82, 2.24) is 0 Å². The minimum absolute atomic E-state index is 0.0480. The standard InChI is InChI=1S/C23H19N3O5/c1-12-10-17(26(30)31)8-9-18(12)24-21(27)13-4-6-16(7-5-13)25-22(28)19-14-2-3-15(11-14)20(19)23(25)29/h2-10,14-15,19-20H,11H2,1H3,(H,24,27)/t14-,15-,19-,20+/m0/s1. The number of amides is 3. The van der Waals surface area contributed by atoms with Gasteiger partial charge in [-0.3, -0.25) is 29.4 Å². The fourth-order valence-corrected chi connectivity index (χ4v) is 5.01. The van der Waals surface area contributed by atoms with E-state index in [1.807, 2.05) is 12.2 Å². The first-order valence-corrected chi connectivity index (χ1v) is 10.1. The quantitative estimate of drug-likeness (QED) is 0.355. The molecule has 1 aliphatic heterocycles. The van der Waals surface area contributed by atoms with Gasteiger partial charge in [0.15, 0.2) is 0 Å². The molecule has 1 N–H and O–H groups in total. The number of anilines is 2. The van der Waals surface area contributed by atoms with Gasteiger partial charge in [-0.25, -0.2) is 0 Å². The summed E-state index contributed by atoms with van der Waals surface area (Å²) in [5.41, 5.74) is 1.81. The second kappa shape index (κ2) is 6.87. The Hall–Kier alpha value is -3.81. The number of nitro groups is 1. The van der Waals surface area contributed by atoms with Gasteiger partial charge in [0, 0.05) is 23.4 Å². The van der Waals surface area contributed by atoms with Gasteiger partial charge in [-0.1, -0.05) is 12.2 Å². The maximum atomic E-state index is 12.9. The Kier molecular flexibility index (Phi) is 4.25. The number of hydrogen-bond acceptors (Lipinski definition) is 5. The predicted octanol–water partition coefficient (Wildman–Crippen LogP) is 3.47.